The molecule has 3 rings (SSSR count). The molecule has 2 fully saturated rings. The SMILES string of the molecule is CC1(C)OB(c2cc(Cl)cc(NSN3CC(F)C3)c2F)OC1(C)C. The summed E-state index contributed by atoms with van der Waals surface area (Å²) in [5.41, 5.74) is -0.666. The Labute approximate surface area is 150 Å². The van der Waals surface area contributed by atoms with Gasteiger partial charge in [-0.2, -0.15) is 0 Å². The molecule has 0 aliphatic carbocycles. The summed E-state index contributed by atoms with van der Waals surface area (Å²) in [6, 6.07) is 3.00. The summed E-state index contributed by atoms with van der Waals surface area (Å²) < 4.78 is 44.2. The topological polar surface area (TPSA) is 33.7 Å². The van der Waals surface area contributed by atoms with Gasteiger partial charge in [-0.1, -0.05) is 11.6 Å². The molecule has 0 atom stereocenters. The Morgan fingerprint density at radius 1 is 1.25 bits per heavy atom. The van der Waals surface area contributed by atoms with Gasteiger partial charge < -0.3 is 14.0 Å². The van der Waals surface area contributed by atoms with Crippen LogP contribution in [0.1, 0.15) is 27.7 Å². The minimum Gasteiger partial charge on any atom is -0.399 e. The molecule has 0 unspecified atom stereocenters. The third-order valence-corrected chi connectivity index (χ3v) is 5.75. The van der Waals surface area contributed by atoms with E-state index >= 15 is 0 Å². The summed E-state index contributed by atoms with van der Waals surface area (Å²) in [5.74, 6) is -0.484. The molecule has 1 aromatic carbocycles. The van der Waals surface area contributed by atoms with Crippen LogP contribution >= 0.6 is 23.7 Å². The number of rotatable bonds is 4. The second kappa shape index (κ2) is 6.32. The lowest BCUT2D eigenvalue weighted by Gasteiger charge is -2.32. The first kappa shape index (κ1) is 18.3. The molecule has 4 nitrogen and oxygen atoms in total. The van der Waals surface area contributed by atoms with E-state index in [9.17, 15) is 8.78 Å². The van der Waals surface area contributed by atoms with Crippen molar-refractivity contribution in [1.29, 1.82) is 0 Å². The Hall–Kier alpha value is -0.535. The molecular weight excluding hydrogens is 357 g/mol. The Bertz CT molecular complexity index is 628. The van der Waals surface area contributed by atoms with Crippen molar-refractivity contribution in [3.05, 3.63) is 23.0 Å². The van der Waals surface area contributed by atoms with Crippen LogP contribution in [-0.2, 0) is 9.31 Å². The van der Waals surface area contributed by atoms with E-state index < -0.39 is 30.3 Å². The van der Waals surface area contributed by atoms with Crippen LogP contribution in [0, 0.1) is 5.82 Å². The van der Waals surface area contributed by atoms with Crippen LogP contribution in [0.3, 0.4) is 0 Å². The number of alkyl halides is 1. The highest BCUT2D eigenvalue weighted by Crippen LogP contribution is 2.37. The van der Waals surface area contributed by atoms with E-state index in [0.717, 1.165) is 12.1 Å². The van der Waals surface area contributed by atoms with Crippen molar-refractivity contribution in [3.63, 3.8) is 0 Å². The minimum atomic E-state index is -0.835. The van der Waals surface area contributed by atoms with Crippen LogP contribution in [0.25, 0.3) is 0 Å². The third kappa shape index (κ3) is 3.39. The maximum absolute atomic E-state index is 14.9. The maximum atomic E-state index is 14.9. The highest BCUT2D eigenvalue weighted by atomic mass is 35.5. The van der Waals surface area contributed by atoms with Crippen molar-refractivity contribution >= 4 is 42.0 Å². The summed E-state index contributed by atoms with van der Waals surface area (Å²) in [6.07, 6.45) is -0.816. The molecule has 0 bridgehead atoms. The second-order valence-electron chi connectivity index (χ2n) is 7.08. The van der Waals surface area contributed by atoms with Gasteiger partial charge in [0.05, 0.1) is 16.9 Å². The molecule has 0 spiro atoms. The molecule has 1 aromatic rings. The molecule has 2 aliphatic heterocycles. The molecule has 2 aliphatic rings. The fourth-order valence-corrected chi connectivity index (χ4v) is 3.48. The highest BCUT2D eigenvalue weighted by Gasteiger charge is 2.52. The largest absolute Gasteiger partial charge is 0.497 e. The number of halogens is 3. The normalized spacial score (nSPS) is 23.4. The van der Waals surface area contributed by atoms with Crippen molar-refractivity contribution < 1.29 is 18.1 Å². The zero-order valence-corrected chi connectivity index (χ0v) is 15.6. The van der Waals surface area contributed by atoms with Gasteiger partial charge in [-0.05, 0) is 39.8 Å². The molecule has 132 valence electrons. The van der Waals surface area contributed by atoms with E-state index in [1.165, 1.54) is 12.1 Å². The van der Waals surface area contributed by atoms with Crippen LogP contribution in [0.4, 0.5) is 14.5 Å². The predicted molar refractivity (Wildman–Crippen MR) is 94.8 cm³/mol. The highest BCUT2D eigenvalue weighted by molar-refractivity contribution is 7.98. The van der Waals surface area contributed by atoms with Gasteiger partial charge in [0.25, 0.3) is 0 Å². The van der Waals surface area contributed by atoms with E-state index in [-0.39, 0.29) is 11.2 Å². The van der Waals surface area contributed by atoms with Gasteiger partial charge in [-0.25, -0.2) is 13.1 Å². The molecule has 0 saturated carbocycles. The maximum Gasteiger partial charge on any atom is 0.497 e. The van der Waals surface area contributed by atoms with Gasteiger partial charge in [0.2, 0.25) is 0 Å². The smallest absolute Gasteiger partial charge is 0.399 e. The standard InChI is InChI=1S/C15H20BClF2N2O2S/c1-14(2)15(3,4)23-16(22-14)11-5-9(17)6-12(13(11)19)20-24-21-7-10(18)8-21/h5-6,10,20H,7-8H2,1-4H3. The van der Waals surface area contributed by atoms with Crippen molar-refractivity contribution in [1.82, 2.24) is 4.31 Å². The minimum absolute atomic E-state index is 0.222. The lowest BCUT2D eigenvalue weighted by Crippen LogP contribution is -2.44. The molecule has 2 saturated heterocycles. The summed E-state index contributed by atoms with van der Waals surface area (Å²) in [6.45, 7) is 8.26. The third-order valence-electron chi connectivity index (χ3n) is 4.66. The van der Waals surface area contributed by atoms with Crippen LogP contribution < -0.4 is 10.2 Å². The zero-order valence-electron chi connectivity index (χ0n) is 14.0. The van der Waals surface area contributed by atoms with Gasteiger partial charge in [0.15, 0.2) is 0 Å². The predicted octanol–water partition coefficient (Wildman–Crippen LogP) is 3.41. The van der Waals surface area contributed by atoms with Gasteiger partial charge in [-0.3, -0.25) is 0 Å². The van der Waals surface area contributed by atoms with Crippen molar-refractivity contribution in [2.75, 3.05) is 17.8 Å². The molecular formula is C15H20BClF2N2O2S. The monoisotopic (exact) mass is 376 g/mol. The summed E-state index contributed by atoms with van der Waals surface area (Å²) >= 11 is 7.29. The molecule has 0 amide bonds. The summed E-state index contributed by atoms with van der Waals surface area (Å²) in [5, 5.41) is 0.371. The van der Waals surface area contributed by atoms with Crippen LogP contribution in [-0.4, -0.2) is 41.9 Å². The van der Waals surface area contributed by atoms with E-state index in [4.69, 9.17) is 20.9 Å². The number of benzene rings is 1. The Kier molecular flexibility index (Phi) is 4.81. The fourth-order valence-electron chi connectivity index (χ4n) is 2.40. The number of anilines is 1. The number of hydrogen-bond donors (Lipinski definition) is 1. The second-order valence-corrected chi connectivity index (χ2v) is 8.42. The number of nitrogens with one attached hydrogen (secondary N) is 1. The first-order chi connectivity index (χ1) is 11.1. The lowest BCUT2D eigenvalue weighted by molar-refractivity contribution is 0.00578. The van der Waals surface area contributed by atoms with E-state index in [0.29, 0.717) is 18.1 Å². The van der Waals surface area contributed by atoms with E-state index in [1.807, 2.05) is 27.7 Å². The molecule has 9 heteroatoms. The van der Waals surface area contributed by atoms with Gasteiger partial charge >= 0.3 is 7.12 Å². The van der Waals surface area contributed by atoms with Crippen molar-refractivity contribution in [2.24, 2.45) is 0 Å². The first-order valence-electron chi connectivity index (χ1n) is 7.75. The molecule has 0 radical (unpaired) electrons. The Morgan fingerprint density at radius 2 is 1.83 bits per heavy atom. The molecule has 0 aromatic heterocycles. The van der Waals surface area contributed by atoms with E-state index in [1.54, 1.807) is 4.31 Å². The lowest BCUT2D eigenvalue weighted by atomic mass is 9.78. The Balaban J connectivity index is 1.79. The quantitative estimate of drug-likeness (QED) is 0.643. The van der Waals surface area contributed by atoms with Gasteiger partial charge in [-0.15, -0.1) is 0 Å². The summed E-state index contributed by atoms with van der Waals surface area (Å²) in [4.78, 5) is 0. The molecule has 2 heterocycles. The molecule has 24 heavy (non-hydrogen) atoms. The van der Waals surface area contributed by atoms with Crippen LogP contribution in [0.5, 0.6) is 0 Å². The van der Waals surface area contributed by atoms with E-state index in [2.05, 4.69) is 4.72 Å². The van der Waals surface area contributed by atoms with Gasteiger partial charge in [0.1, 0.15) is 12.0 Å². The summed E-state index contributed by atoms with van der Waals surface area (Å²) in [7, 11) is -0.835. The fraction of sp³-hybridized carbons (Fsp3) is 0.600. The molecule has 1 N–H and O–H groups in total. The number of nitrogens with zero attached hydrogens (tertiary/aromatic N) is 1. The van der Waals surface area contributed by atoms with Gasteiger partial charge in [0, 0.05) is 35.7 Å². The Morgan fingerprint density at radius 3 is 2.38 bits per heavy atom. The van der Waals surface area contributed by atoms with Crippen LogP contribution in [0.2, 0.25) is 5.02 Å². The zero-order chi connectivity index (χ0) is 17.7. The van der Waals surface area contributed by atoms with Crippen molar-refractivity contribution in [2.45, 2.75) is 45.1 Å². The first-order valence-corrected chi connectivity index (χ1v) is 8.91. The number of hydrogen-bond acceptors (Lipinski definition) is 5. The average Bonchev–Trinajstić information content (AvgIpc) is 2.65. The average molecular weight is 377 g/mol. The van der Waals surface area contributed by atoms with Crippen molar-refractivity contribution in [3.8, 4) is 0 Å². The van der Waals surface area contributed by atoms with Crippen LogP contribution in [0.15, 0.2) is 12.1 Å².